The fraction of sp³-hybridized carbons (Fsp3) is 0.562. The Morgan fingerprint density at radius 1 is 1.37 bits per heavy atom. The molecular weight excluding hydrogens is 236 g/mol. The van der Waals surface area contributed by atoms with Crippen LogP contribution in [-0.4, -0.2) is 25.0 Å². The molecule has 1 heterocycles. The Labute approximate surface area is 115 Å². The van der Waals surface area contributed by atoms with Gasteiger partial charge in [-0.25, -0.2) is 0 Å². The third kappa shape index (κ3) is 5.03. The highest BCUT2D eigenvalue weighted by Gasteiger charge is 2.20. The number of hydrogen-bond acceptors (Lipinski definition) is 2. The number of amides is 1. The van der Waals surface area contributed by atoms with Crippen LogP contribution >= 0.6 is 0 Å². The van der Waals surface area contributed by atoms with Crippen LogP contribution < -0.4 is 10.6 Å². The maximum absolute atomic E-state index is 11.0. The van der Waals surface area contributed by atoms with Crippen LogP contribution in [0.25, 0.3) is 0 Å². The van der Waals surface area contributed by atoms with Gasteiger partial charge in [0.05, 0.1) is 0 Å². The first-order valence-electron chi connectivity index (χ1n) is 7.26. The number of hydrogen-bond donors (Lipinski definition) is 2. The Morgan fingerprint density at radius 2 is 2.16 bits per heavy atom. The van der Waals surface area contributed by atoms with E-state index in [4.69, 9.17) is 0 Å². The van der Waals surface area contributed by atoms with E-state index in [0.29, 0.717) is 6.04 Å². The van der Waals surface area contributed by atoms with Gasteiger partial charge < -0.3 is 10.6 Å². The van der Waals surface area contributed by atoms with Crippen molar-refractivity contribution >= 4 is 5.91 Å². The molecule has 0 aliphatic carbocycles. The fourth-order valence-corrected chi connectivity index (χ4v) is 2.86. The summed E-state index contributed by atoms with van der Waals surface area (Å²) in [4.78, 5) is 11.0. The van der Waals surface area contributed by atoms with Crippen molar-refractivity contribution in [3.8, 4) is 0 Å². The van der Waals surface area contributed by atoms with Crippen LogP contribution in [0, 0.1) is 5.92 Å². The van der Waals surface area contributed by atoms with Crippen LogP contribution in [0.15, 0.2) is 30.3 Å². The molecule has 2 unspecified atom stereocenters. The summed E-state index contributed by atoms with van der Waals surface area (Å²) >= 11 is 0. The molecule has 2 atom stereocenters. The molecule has 19 heavy (non-hydrogen) atoms. The summed E-state index contributed by atoms with van der Waals surface area (Å²) in [6, 6.07) is 11.1. The Bertz CT molecular complexity index is 391. The Kier molecular flexibility index (Phi) is 5.40. The molecule has 1 aliphatic rings. The summed E-state index contributed by atoms with van der Waals surface area (Å²) in [6.07, 6.45) is 4.81. The highest BCUT2D eigenvalue weighted by atomic mass is 16.1. The first-order chi connectivity index (χ1) is 9.24. The van der Waals surface area contributed by atoms with Gasteiger partial charge in [-0.3, -0.25) is 4.79 Å². The lowest BCUT2D eigenvalue weighted by Crippen LogP contribution is -2.40. The van der Waals surface area contributed by atoms with E-state index in [0.717, 1.165) is 31.8 Å². The van der Waals surface area contributed by atoms with Crippen LogP contribution in [0.5, 0.6) is 0 Å². The van der Waals surface area contributed by atoms with Crippen LogP contribution in [0.4, 0.5) is 0 Å². The van der Waals surface area contributed by atoms with Crippen LogP contribution in [0.2, 0.25) is 0 Å². The summed E-state index contributed by atoms with van der Waals surface area (Å²) < 4.78 is 0. The van der Waals surface area contributed by atoms with Crippen molar-refractivity contribution in [3.05, 3.63) is 35.9 Å². The highest BCUT2D eigenvalue weighted by molar-refractivity contribution is 5.72. The lowest BCUT2D eigenvalue weighted by molar-refractivity contribution is -0.119. The van der Waals surface area contributed by atoms with Gasteiger partial charge in [-0.05, 0) is 43.7 Å². The second-order valence-electron chi connectivity index (χ2n) is 5.52. The monoisotopic (exact) mass is 260 g/mol. The Hall–Kier alpha value is -1.35. The molecule has 2 N–H and O–H groups in total. The second kappa shape index (κ2) is 7.29. The van der Waals surface area contributed by atoms with Crippen LogP contribution in [0.1, 0.15) is 31.7 Å². The lowest BCUT2D eigenvalue weighted by Gasteiger charge is -2.20. The van der Waals surface area contributed by atoms with E-state index in [1.165, 1.54) is 18.4 Å². The van der Waals surface area contributed by atoms with Gasteiger partial charge in [-0.1, -0.05) is 30.3 Å². The number of rotatable bonds is 4. The van der Waals surface area contributed by atoms with Gasteiger partial charge in [-0.2, -0.15) is 0 Å². The molecule has 104 valence electrons. The average molecular weight is 260 g/mol. The lowest BCUT2D eigenvalue weighted by atomic mass is 9.90. The minimum absolute atomic E-state index is 0.0608. The number of nitrogens with one attached hydrogen (secondary N) is 2. The largest absolute Gasteiger partial charge is 0.355 e. The molecule has 1 aliphatic heterocycles. The van der Waals surface area contributed by atoms with Gasteiger partial charge >= 0.3 is 0 Å². The summed E-state index contributed by atoms with van der Waals surface area (Å²) in [7, 11) is 0. The van der Waals surface area contributed by atoms with Gasteiger partial charge in [0.2, 0.25) is 5.91 Å². The standard InChI is InChI=1S/C16H24N2O/c1-13(19)18-12-16-11-15(8-5-9-17-16)10-14-6-3-2-4-7-14/h2-4,6-7,15-17H,5,8-12H2,1H3,(H,18,19). The molecule has 1 aromatic rings. The van der Waals surface area contributed by atoms with Crippen molar-refractivity contribution in [2.24, 2.45) is 5.92 Å². The molecular formula is C16H24N2O. The second-order valence-corrected chi connectivity index (χ2v) is 5.52. The van der Waals surface area contributed by atoms with Crippen molar-refractivity contribution in [2.75, 3.05) is 13.1 Å². The number of benzene rings is 1. The van der Waals surface area contributed by atoms with Crippen molar-refractivity contribution in [1.29, 1.82) is 0 Å². The van der Waals surface area contributed by atoms with Gasteiger partial charge in [-0.15, -0.1) is 0 Å². The zero-order chi connectivity index (χ0) is 13.5. The van der Waals surface area contributed by atoms with E-state index >= 15 is 0 Å². The van der Waals surface area contributed by atoms with Gasteiger partial charge in [0.1, 0.15) is 0 Å². The highest BCUT2D eigenvalue weighted by Crippen LogP contribution is 2.21. The minimum atomic E-state index is 0.0608. The predicted octanol–water partition coefficient (Wildman–Crippen LogP) is 2.12. The molecule has 3 nitrogen and oxygen atoms in total. The van der Waals surface area contributed by atoms with Crippen molar-refractivity contribution in [3.63, 3.8) is 0 Å². The molecule has 2 rings (SSSR count). The maximum atomic E-state index is 11.0. The third-order valence-corrected chi connectivity index (χ3v) is 3.80. The zero-order valence-corrected chi connectivity index (χ0v) is 11.7. The van der Waals surface area contributed by atoms with Crippen molar-refractivity contribution in [2.45, 2.75) is 38.6 Å². The third-order valence-electron chi connectivity index (χ3n) is 3.80. The predicted molar refractivity (Wildman–Crippen MR) is 78.0 cm³/mol. The average Bonchev–Trinajstić information content (AvgIpc) is 2.63. The van der Waals surface area contributed by atoms with E-state index in [2.05, 4.69) is 41.0 Å². The summed E-state index contributed by atoms with van der Waals surface area (Å²) in [5, 5.41) is 6.46. The van der Waals surface area contributed by atoms with Gasteiger partial charge in [0.15, 0.2) is 0 Å². The number of carbonyl (C=O) groups excluding carboxylic acids is 1. The maximum Gasteiger partial charge on any atom is 0.216 e. The SMILES string of the molecule is CC(=O)NCC1CC(Cc2ccccc2)CCCN1. The normalized spacial score (nSPS) is 23.6. The Balaban J connectivity index is 1.87. The van der Waals surface area contributed by atoms with E-state index in [-0.39, 0.29) is 5.91 Å². The first kappa shape index (κ1) is 14.1. The quantitative estimate of drug-likeness (QED) is 0.870. The van der Waals surface area contributed by atoms with E-state index in [9.17, 15) is 4.79 Å². The van der Waals surface area contributed by atoms with Crippen LogP contribution in [-0.2, 0) is 11.2 Å². The Morgan fingerprint density at radius 3 is 2.89 bits per heavy atom. The molecule has 1 aromatic carbocycles. The van der Waals surface area contributed by atoms with Gasteiger partial charge in [0, 0.05) is 19.5 Å². The fourth-order valence-electron chi connectivity index (χ4n) is 2.86. The van der Waals surface area contributed by atoms with Crippen molar-refractivity contribution < 1.29 is 4.79 Å². The first-order valence-corrected chi connectivity index (χ1v) is 7.26. The van der Waals surface area contributed by atoms with E-state index < -0.39 is 0 Å². The molecule has 0 aromatic heterocycles. The zero-order valence-electron chi connectivity index (χ0n) is 11.7. The van der Waals surface area contributed by atoms with Crippen molar-refractivity contribution in [1.82, 2.24) is 10.6 Å². The summed E-state index contributed by atoms with van der Waals surface area (Å²) in [5.41, 5.74) is 1.42. The topological polar surface area (TPSA) is 41.1 Å². The molecule has 0 bridgehead atoms. The van der Waals surface area contributed by atoms with Gasteiger partial charge in [0.25, 0.3) is 0 Å². The van der Waals surface area contributed by atoms with Crippen LogP contribution in [0.3, 0.4) is 0 Å². The molecule has 1 amide bonds. The molecule has 3 heteroatoms. The smallest absolute Gasteiger partial charge is 0.216 e. The van der Waals surface area contributed by atoms with E-state index in [1.807, 2.05) is 0 Å². The summed E-state index contributed by atoms with van der Waals surface area (Å²) in [6.45, 7) is 3.40. The molecule has 0 radical (unpaired) electrons. The molecule has 1 fully saturated rings. The van der Waals surface area contributed by atoms with E-state index in [1.54, 1.807) is 6.92 Å². The summed E-state index contributed by atoms with van der Waals surface area (Å²) in [5.74, 6) is 0.779. The molecule has 0 spiro atoms. The minimum Gasteiger partial charge on any atom is -0.355 e. The molecule has 1 saturated heterocycles. The molecule has 0 saturated carbocycles. The number of carbonyl (C=O) groups is 1.